The van der Waals surface area contributed by atoms with Gasteiger partial charge in [-0.05, 0) is 37.1 Å². The molecule has 94 valence electrons. The maximum atomic E-state index is 5.64. The summed E-state index contributed by atoms with van der Waals surface area (Å²) in [5, 5.41) is 0. The molecule has 0 aliphatic carbocycles. The lowest BCUT2D eigenvalue weighted by molar-refractivity contribution is 0.242. The van der Waals surface area contributed by atoms with Crippen LogP contribution < -0.4 is 4.74 Å². The molecule has 0 aliphatic heterocycles. The molecule has 0 aromatic heterocycles. The number of rotatable bonds is 4. The molecule has 1 atom stereocenters. The van der Waals surface area contributed by atoms with E-state index in [9.17, 15) is 0 Å². The summed E-state index contributed by atoms with van der Waals surface area (Å²) in [7, 11) is 0. The number of hydrogen-bond donors (Lipinski definition) is 0. The van der Waals surface area contributed by atoms with Crippen LogP contribution in [0.4, 0.5) is 0 Å². The van der Waals surface area contributed by atoms with Crippen molar-refractivity contribution in [3.05, 3.63) is 65.7 Å². The second-order valence-electron chi connectivity index (χ2n) is 4.51. The van der Waals surface area contributed by atoms with Gasteiger partial charge in [0.05, 0.1) is 10.9 Å². The monoisotopic (exact) mass is 304 g/mol. The molecule has 0 amide bonds. The van der Waals surface area contributed by atoms with E-state index in [4.69, 9.17) is 4.74 Å². The molecule has 2 aromatic rings. The Labute approximate surface area is 117 Å². The van der Waals surface area contributed by atoms with Gasteiger partial charge in [0, 0.05) is 0 Å². The standard InChI is InChI=1S/C16H17BrO/c1-12(2)18-15-10-8-14(9-11-15)16(17)13-6-4-3-5-7-13/h3-12,16H,1-2H3. The van der Waals surface area contributed by atoms with Crippen LogP contribution in [0.25, 0.3) is 0 Å². The molecule has 0 N–H and O–H groups in total. The second-order valence-corrected chi connectivity index (χ2v) is 5.42. The quantitative estimate of drug-likeness (QED) is 0.726. The number of benzene rings is 2. The fourth-order valence-corrected chi connectivity index (χ4v) is 2.41. The molecule has 2 rings (SSSR count). The lowest BCUT2D eigenvalue weighted by Gasteiger charge is -2.13. The van der Waals surface area contributed by atoms with E-state index in [1.807, 2.05) is 32.0 Å². The van der Waals surface area contributed by atoms with E-state index in [1.165, 1.54) is 11.1 Å². The Morgan fingerprint density at radius 2 is 1.39 bits per heavy atom. The van der Waals surface area contributed by atoms with E-state index in [2.05, 4.69) is 52.3 Å². The van der Waals surface area contributed by atoms with Crippen LogP contribution in [0.15, 0.2) is 54.6 Å². The van der Waals surface area contributed by atoms with Crippen molar-refractivity contribution in [2.75, 3.05) is 0 Å². The molecule has 0 heterocycles. The smallest absolute Gasteiger partial charge is 0.119 e. The molecule has 0 radical (unpaired) electrons. The Morgan fingerprint density at radius 1 is 0.833 bits per heavy atom. The summed E-state index contributed by atoms with van der Waals surface area (Å²) < 4.78 is 5.64. The average molecular weight is 305 g/mol. The Kier molecular flexibility index (Phi) is 4.43. The summed E-state index contributed by atoms with van der Waals surface area (Å²) >= 11 is 3.73. The van der Waals surface area contributed by atoms with Crippen LogP contribution in [0, 0.1) is 0 Å². The van der Waals surface area contributed by atoms with Gasteiger partial charge in [-0.25, -0.2) is 0 Å². The highest BCUT2D eigenvalue weighted by atomic mass is 79.9. The van der Waals surface area contributed by atoms with E-state index in [0.29, 0.717) is 0 Å². The molecule has 1 nitrogen and oxygen atoms in total. The van der Waals surface area contributed by atoms with Gasteiger partial charge in [-0.2, -0.15) is 0 Å². The van der Waals surface area contributed by atoms with Crippen molar-refractivity contribution < 1.29 is 4.74 Å². The van der Waals surface area contributed by atoms with Crippen LogP contribution in [-0.4, -0.2) is 6.10 Å². The zero-order chi connectivity index (χ0) is 13.0. The summed E-state index contributed by atoms with van der Waals surface area (Å²) in [5.41, 5.74) is 2.49. The first kappa shape index (κ1) is 13.2. The maximum absolute atomic E-state index is 5.64. The summed E-state index contributed by atoms with van der Waals surface area (Å²) in [6.45, 7) is 4.07. The number of alkyl halides is 1. The highest BCUT2D eigenvalue weighted by Gasteiger charge is 2.09. The van der Waals surface area contributed by atoms with E-state index < -0.39 is 0 Å². The van der Waals surface area contributed by atoms with Gasteiger partial charge in [0.1, 0.15) is 5.75 Å². The molecule has 0 fully saturated rings. The van der Waals surface area contributed by atoms with Gasteiger partial charge in [-0.3, -0.25) is 0 Å². The Bertz CT molecular complexity index is 476. The van der Waals surface area contributed by atoms with Crippen molar-refractivity contribution in [1.29, 1.82) is 0 Å². The van der Waals surface area contributed by atoms with Crippen molar-refractivity contribution in [3.63, 3.8) is 0 Å². The van der Waals surface area contributed by atoms with Crippen LogP contribution in [-0.2, 0) is 0 Å². The molecule has 1 unspecified atom stereocenters. The van der Waals surface area contributed by atoms with Crippen LogP contribution in [0.2, 0.25) is 0 Å². The molecular formula is C16H17BrO. The fourth-order valence-electron chi connectivity index (χ4n) is 1.80. The van der Waals surface area contributed by atoms with Gasteiger partial charge in [0.25, 0.3) is 0 Å². The zero-order valence-electron chi connectivity index (χ0n) is 10.6. The summed E-state index contributed by atoms with van der Waals surface area (Å²) in [6, 6.07) is 18.6. The Balaban J connectivity index is 2.14. The summed E-state index contributed by atoms with van der Waals surface area (Å²) in [5.74, 6) is 0.918. The van der Waals surface area contributed by atoms with Gasteiger partial charge in [-0.1, -0.05) is 58.4 Å². The number of halogens is 1. The first-order valence-electron chi connectivity index (χ1n) is 6.12. The van der Waals surface area contributed by atoms with Gasteiger partial charge in [-0.15, -0.1) is 0 Å². The minimum atomic E-state index is 0.213. The molecule has 0 bridgehead atoms. The second kappa shape index (κ2) is 6.05. The van der Waals surface area contributed by atoms with Crippen molar-refractivity contribution in [2.24, 2.45) is 0 Å². The van der Waals surface area contributed by atoms with Gasteiger partial charge in [0.2, 0.25) is 0 Å². The molecule has 18 heavy (non-hydrogen) atoms. The highest BCUT2D eigenvalue weighted by Crippen LogP contribution is 2.31. The largest absolute Gasteiger partial charge is 0.491 e. The highest BCUT2D eigenvalue weighted by molar-refractivity contribution is 9.09. The minimum absolute atomic E-state index is 0.213. The van der Waals surface area contributed by atoms with Crippen LogP contribution in [0.1, 0.15) is 29.8 Å². The van der Waals surface area contributed by atoms with Crippen molar-refractivity contribution in [3.8, 4) is 5.75 Å². The maximum Gasteiger partial charge on any atom is 0.119 e. The third kappa shape index (κ3) is 3.36. The molecule has 0 spiro atoms. The molecular weight excluding hydrogens is 288 g/mol. The molecule has 0 saturated carbocycles. The topological polar surface area (TPSA) is 9.23 Å². The van der Waals surface area contributed by atoms with Gasteiger partial charge < -0.3 is 4.74 Å². The van der Waals surface area contributed by atoms with Crippen molar-refractivity contribution in [2.45, 2.75) is 24.8 Å². The lowest BCUT2D eigenvalue weighted by Crippen LogP contribution is -2.05. The zero-order valence-corrected chi connectivity index (χ0v) is 12.2. The first-order chi connectivity index (χ1) is 8.66. The number of ether oxygens (including phenoxy) is 1. The van der Waals surface area contributed by atoms with E-state index in [0.717, 1.165) is 5.75 Å². The fraction of sp³-hybridized carbons (Fsp3) is 0.250. The van der Waals surface area contributed by atoms with Crippen LogP contribution in [0.3, 0.4) is 0 Å². The molecule has 2 aromatic carbocycles. The minimum Gasteiger partial charge on any atom is -0.491 e. The molecule has 0 aliphatic rings. The summed E-state index contributed by atoms with van der Waals surface area (Å²) in [6.07, 6.45) is 0.213. The third-order valence-corrected chi connectivity index (χ3v) is 3.69. The third-order valence-electron chi connectivity index (χ3n) is 2.64. The summed E-state index contributed by atoms with van der Waals surface area (Å²) in [4.78, 5) is 0.229. The van der Waals surface area contributed by atoms with E-state index >= 15 is 0 Å². The SMILES string of the molecule is CC(C)Oc1ccc(C(Br)c2ccccc2)cc1. The van der Waals surface area contributed by atoms with Crippen LogP contribution >= 0.6 is 15.9 Å². The van der Waals surface area contributed by atoms with Gasteiger partial charge >= 0.3 is 0 Å². The van der Waals surface area contributed by atoms with Gasteiger partial charge in [0.15, 0.2) is 0 Å². The van der Waals surface area contributed by atoms with Crippen molar-refractivity contribution in [1.82, 2.24) is 0 Å². The number of hydrogen-bond acceptors (Lipinski definition) is 1. The predicted octanol–water partition coefficient (Wildman–Crippen LogP) is 4.96. The predicted molar refractivity (Wildman–Crippen MR) is 79.4 cm³/mol. The molecule has 0 saturated heterocycles. The van der Waals surface area contributed by atoms with E-state index in [-0.39, 0.29) is 10.9 Å². The van der Waals surface area contributed by atoms with Crippen LogP contribution in [0.5, 0.6) is 5.75 Å². The Morgan fingerprint density at radius 3 is 1.94 bits per heavy atom. The average Bonchev–Trinajstić information content (AvgIpc) is 2.39. The molecule has 2 heteroatoms. The normalized spacial score (nSPS) is 12.4. The first-order valence-corrected chi connectivity index (χ1v) is 7.04. The lowest BCUT2D eigenvalue weighted by atomic mass is 10.0. The van der Waals surface area contributed by atoms with Crippen molar-refractivity contribution >= 4 is 15.9 Å². The Hall–Kier alpha value is -1.28. The van der Waals surface area contributed by atoms with E-state index in [1.54, 1.807) is 0 Å².